The SMILES string of the molecule is COCC(C1CC1)N(CC1CCCNC1)C(C)C. The van der Waals surface area contributed by atoms with Crippen molar-refractivity contribution in [1.29, 1.82) is 0 Å². The van der Waals surface area contributed by atoms with Crippen molar-refractivity contribution in [2.45, 2.75) is 51.6 Å². The van der Waals surface area contributed by atoms with Crippen molar-refractivity contribution in [3.05, 3.63) is 0 Å². The van der Waals surface area contributed by atoms with Crippen LogP contribution < -0.4 is 5.32 Å². The summed E-state index contributed by atoms with van der Waals surface area (Å²) < 4.78 is 5.47. The molecule has 2 atom stereocenters. The van der Waals surface area contributed by atoms with Gasteiger partial charge < -0.3 is 10.1 Å². The third kappa shape index (κ3) is 3.94. The van der Waals surface area contributed by atoms with Gasteiger partial charge in [0, 0.05) is 25.7 Å². The smallest absolute Gasteiger partial charge is 0.0620 e. The van der Waals surface area contributed by atoms with Gasteiger partial charge in [-0.2, -0.15) is 0 Å². The lowest BCUT2D eigenvalue weighted by Gasteiger charge is -2.38. The Bertz CT molecular complexity index is 235. The molecule has 2 fully saturated rings. The highest BCUT2D eigenvalue weighted by Crippen LogP contribution is 2.36. The van der Waals surface area contributed by atoms with Gasteiger partial charge in [-0.25, -0.2) is 0 Å². The van der Waals surface area contributed by atoms with E-state index in [0.717, 1.165) is 18.4 Å². The number of hydrogen-bond acceptors (Lipinski definition) is 3. The third-order valence-electron chi connectivity index (χ3n) is 4.46. The molecule has 1 N–H and O–H groups in total. The van der Waals surface area contributed by atoms with Gasteiger partial charge in [0.1, 0.15) is 0 Å². The molecule has 1 aliphatic carbocycles. The summed E-state index contributed by atoms with van der Waals surface area (Å²) in [5.41, 5.74) is 0. The molecule has 3 nitrogen and oxygen atoms in total. The van der Waals surface area contributed by atoms with Crippen molar-refractivity contribution in [1.82, 2.24) is 10.2 Å². The van der Waals surface area contributed by atoms with Gasteiger partial charge in [-0.1, -0.05) is 0 Å². The van der Waals surface area contributed by atoms with Crippen LogP contribution in [0.3, 0.4) is 0 Å². The maximum Gasteiger partial charge on any atom is 0.0620 e. The van der Waals surface area contributed by atoms with E-state index < -0.39 is 0 Å². The van der Waals surface area contributed by atoms with E-state index in [4.69, 9.17) is 4.74 Å². The molecule has 0 amide bonds. The lowest BCUT2D eigenvalue weighted by molar-refractivity contribution is 0.0435. The van der Waals surface area contributed by atoms with Crippen LogP contribution in [0.25, 0.3) is 0 Å². The van der Waals surface area contributed by atoms with Gasteiger partial charge in [-0.15, -0.1) is 0 Å². The Balaban J connectivity index is 1.92. The largest absolute Gasteiger partial charge is 0.383 e. The summed E-state index contributed by atoms with van der Waals surface area (Å²) in [4.78, 5) is 2.71. The first kappa shape index (κ1) is 14.3. The maximum atomic E-state index is 5.47. The molecule has 0 aromatic carbocycles. The monoisotopic (exact) mass is 254 g/mol. The first-order chi connectivity index (χ1) is 8.72. The van der Waals surface area contributed by atoms with Gasteiger partial charge in [0.05, 0.1) is 6.61 Å². The molecule has 2 rings (SSSR count). The van der Waals surface area contributed by atoms with Gasteiger partial charge in [-0.3, -0.25) is 4.90 Å². The standard InChI is InChI=1S/C15H30N2O/c1-12(2)17(10-13-5-4-8-16-9-13)15(11-18-3)14-6-7-14/h12-16H,4-11H2,1-3H3. The Morgan fingerprint density at radius 3 is 2.56 bits per heavy atom. The molecule has 1 aliphatic heterocycles. The van der Waals surface area contributed by atoms with Crippen molar-refractivity contribution < 1.29 is 4.74 Å². The predicted octanol–water partition coefficient (Wildman–Crippen LogP) is 2.12. The van der Waals surface area contributed by atoms with Gasteiger partial charge in [-0.05, 0) is 64.5 Å². The Hall–Kier alpha value is -0.120. The molecule has 0 aromatic rings. The highest BCUT2D eigenvalue weighted by molar-refractivity contribution is 4.90. The molecular formula is C15H30N2O. The van der Waals surface area contributed by atoms with Crippen LogP contribution in [0, 0.1) is 11.8 Å². The highest BCUT2D eigenvalue weighted by atomic mass is 16.5. The summed E-state index contributed by atoms with van der Waals surface area (Å²) in [7, 11) is 1.84. The van der Waals surface area contributed by atoms with E-state index in [1.807, 2.05) is 7.11 Å². The van der Waals surface area contributed by atoms with E-state index in [-0.39, 0.29) is 0 Å². The minimum Gasteiger partial charge on any atom is -0.383 e. The number of hydrogen-bond donors (Lipinski definition) is 1. The summed E-state index contributed by atoms with van der Waals surface area (Å²) in [5, 5.41) is 3.54. The van der Waals surface area contributed by atoms with Gasteiger partial charge >= 0.3 is 0 Å². The number of rotatable bonds is 7. The van der Waals surface area contributed by atoms with Crippen molar-refractivity contribution in [2.24, 2.45) is 11.8 Å². The van der Waals surface area contributed by atoms with Crippen molar-refractivity contribution in [2.75, 3.05) is 33.4 Å². The van der Waals surface area contributed by atoms with Crippen LogP contribution in [-0.2, 0) is 4.74 Å². The molecule has 2 unspecified atom stereocenters. The maximum absolute atomic E-state index is 5.47. The highest BCUT2D eigenvalue weighted by Gasteiger charge is 2.37. The van der Waals surface area contributed by atoms with Gasteiger partial charge in [0.15, 0.2) is 0 Å². The second kappa shape index (κ2) is 6.88. The van der Waals surface area contributed by atoms with Crippen molar-refractivity contribution in [3.8, 4) is 0 Å². The molecule has 3 heteroatoms. The Labute approximate surface area is 112 Å². The Kier molecular flexibility index (Phi) is 5.46. The fourth-order valence-corrected chi connectivity index (χ4v) is 3.26. The molecule has 1 heterocycles. The van der Waals surface area contributed by atoms with Crippen LogP contribution in [0.5, 0.6) is 0 Å². The fourth-order valence-electron chi connectivity index (χ4n) is 3.26. The van der Waals surface area contributed by atoms with Gasteiger partial charge in [0.2, 0.25) is 0 Å². The number of nitrogens with one attached hydrogen (secondary N) is 1. The summed E-state index contributed by atoms with van der Waals surface area (Å²) in [6.07, 6.45) is 5.54. The second-order valence-corrected chi connectivity index (χ2v) is 6.36. The summed E-state index contributed by atoms with van der Waals surface area (Å²) >= 11 is 0. The van der Waals surface area contributed by atoms with Crippen LogP contribution in [0.2, 0.25) is 0 Å². The molecule has 1 saturated heterocycles. The predicted molar refractivity (Wildman–Crippen MR) is 75.8 cm³/mol. The molecular weight excluding hydrogens is 224 g/mol. The number of ether oxygens (including phenoxy) is 1. The zero-order valence-corrected chi connectivity index (χ0v) is 12.3. The molecule has 106 valence electrons. The van der Waals surface area contributed by atoms with Crippen molar-refractivity contribution >= 4 is 0 Å². The van der Waals surface area contributed by atoms with E-state index in [0.29, 0.717) is 12.1 Å². The molecule has 0 aromatic heterocycles. The molecule has 1 saturated carbocycles. The topological polar surface area (TPSA) is 24.5 Å². The molecule has 0 spiro atoms. The first-order valence-electron chi connectivity index (χ1n) is 7.67. The van der Waals surface area contributed by atoms with E-state index in [9.17, 15) is 0 Å². The quantitative estimate of drug-likeness (QED) is 0.753. The molecule has 2 aliphatic rings. The van der Waals surface area contributed by atoms with Crippen LogP contribution in [0.15, 0.2) is 0 Å². The van der Waals surface area contributed by atoms with Crippen LogP contribution in [-0.4, -0.2) is 50.3 Å². The first-order valence-corrected chi connectivity index (χ1v) is 7.67. The van der Waals surface area contributed by atoms with E-state index in [1.165, 1.54) is 45.3 Å². The minimum atomic E-state index is 0.632. The summed E-state index contributed by atoms with van der Waals surface area (Å²) in [6, 6.07) is 1.28. The molecule has 18 heavy (non-hydrogen) atoms. The molecule has 0 bridgehead atoms. The zero-order chi connectivity index (χ0) is 13.0. The summed E-state index contributed by atoms with van der Waals surface area (Å²) in [5.74, 6) is 1.73. The third-order valence-corrected chi connectivity index (χ3v) is 4.46. The number of methoxy groups -OCH3 is 1. The Morgan fingerprint density at radius 1 is 1.28 bits per heavy atom. The van der Waals surface area contributed by atoms with Gasteiger partial charge in [0.25, 0.3) is 0 Å². The lowest BCUT2D eigenvalue weighted by Crippen LogP contribution is -2.49. The molecule has 0 radical (unpaired) electrons. The average molecular weight is 254 g/mol. The summed E-state index contributed by atoms with van der Waals surface area (Å²) in [6.45, 7) is 9.23. The van der Waals surface area contributed by atoms with Crippen LogP contribution in [0.4, 0.5) is 0 Å². The fraction of sp³-hybridized carbons (Fsp3) is 1.00. The zero-order valence-electron chi connectivity index (χ0n) is 12.3. The number of piperidine rings is 1. The number of nitrogens with zero attached hydrogens (tertiary/aromatic N) is 1. The van der Waals surface area contributed by atoms with Crippen LogP contribution >= 0.6 is 0 Å². The van der Waals surface area contributed by atoms with Crippen LogP contribution in [0.1, 0.15) is 39.5 Å². The normalized spacial score (nSPS) is 26.8. The van der Waals surface area contributed by atoms with E-state index in [1.54, 1.807) is 0 Å². The lowest BCUT2D eigenvalue weighted by atomic mass is 9.97. The second-order valence-electron chi connectivity index (χ2n) is 6.36. The van der Waals surface area contributed by atoms with Crippen molar-refractivity contribution in [3.63, 3.8) is 0 Å². The van der Waals surface area contributed by atoms with E-state index in [2.05, 4.69) is 24.1 Å². The van der Waals surface area contributed by atoms with E-state index >= 15 is 0 Å². The minimum absolute atomic E-state index is 0.632. The Morgan fingerprint density at radius 2 is 2.06 bits per heavy atom. The average Bonchev–Trinajstić information content (AvgIpc) is 3.19.